The van der Waals surface area contributed by atoms with E-state index in [9.17, 15) is 26.4 Å². The summed E-state index contributed by atoms with van der Waals surface area (Å²) in [5.74, 6) is -0.319. The Kier molecular flexibility index (Phi) is 8.64. The van der Waals surface area contributed by atoms with Crippen LogP contribution in [0.5, 0.6) is 5.75 Å². The third-order valence-electron chi connectivity index (χ3n) is 6.77. The first-order valence-corrected chi connectivity index (χ1v) is 14.7. The van der Waals surface area contributed by atoms with Crippen molar-refractivity contribution in [3.05, 3.63) is 62.6 Å². The van der Waals surface area contributed by atoms with Gasteiger partial charge in [-0.15, -0.1) is 0 Å². The van der Waals surface area contributed by atoms with Crippen molar-refractivity contribution in [1.29, 1.82) is 0 Å². The van der Waals surface area contributed by atoms with Crippen LogP contribution in [0, 0.1) is 5.92 Å². The third-order valence-corrected chi connectivity index (χ3v) is 9.11. The monoisotopic (exact) mass is 613 g/mol. The van der Waals surface area contributed by atoms with Gasteiger partial charge in [-0.05, 0) is 35.9 Å². The molecule has 4 rings (SSSR count). The van der Waals surface area contributed by atoms with E-state index in [0.717, 1.165) is 24.0 Å². The van der Waals surface area contributed by atoms with Crippen molar-refractivity contribution in [2.45, 2.75) is 12.1 Å². The molecule has 2 fully saturated rings. The number of nitrogens with zero attached hydrogens (tertiary/aromatic N) is 3. The van der Waals surface area contributed by atoms with Gasteiger partial charge in [-0.2, -0.15) is 17.5 Å². The van der Waals surface area contributed by atoms with E-state index in [1.54, 1.807) is 21.9 Å². The smallest absolute Gasteiger partial charge is 0.416 e. The Bertz CT molecular complexity index is 1300. The Morgan fingerprint density at radius 1 is 0.947 bits per heavy atom. The molecule has 2 amide bonds. The summed E-state index contributed by atoms with van der Waals surface area (Å²) in [7, 11) is -3.33. The second-order valence-electron chi connectivity index (χ2n) is 9.33. The molecular formula is C24H25Cl3F3N3O4S. The molecule has 2 aromatic carbocycles. The Hall–Kier alpha value is -1.92. The number of carbonyl (C=O) groups is 1. The average Bonchev–Trinajstić information content (AvgIpc) is 3.27. The molecule has 14 heteroatoms. The molecule has 2 atom stereocenters. The third kappa shape index (κ3) is 6.62. The number of ether oxygens (including phenoxy) is 1. The van der Waals surface area contributed by atoms with Gasteiger partial charge < -0.3 is 14.5 Å². The molecule has 0 saturated carbocycles. The number of rotatable bonds is 5. The van der Waals surface area contributed by atoms with Crippen LogP contribution in [0.3, 0.4) is 0 Å². The van der Waals surface area contributed by atoms with E-state index in [0.29, 0.717) is 23.1 Å². The predicted octanol–water partition coefficient (Wildman–Crippen LogP) is 5.46. The van der Waals surface area contributed by atoms with Gasteiger partial charge in [-0.25, -0.2) is 13.2 Å². The molecule has 0 bridgehead atoms. The lowest BCUT2D eigenvalue weighted by molar-refractivity contribution is -0.137. The standard InChI is InChI=1S/C24H25Cl3F3N3O4S/c1-38(35,36)33-8-6-31(7-9-33)23(34)32-12-16(18(13-32)15-2-4-19(25)20(26)10-15)14-37-22-5-3-17(11-21(22)27)24(28,29)30/h2-5,10-11,16,18H,6-9,12-14H2,1H3. The zero-order valence-electron chi connectivity index (χ0n) is 20.2. The lowest BCUT2D eigenvalue weighted by Gasteiger charge is -2.35. The number of likely N-dealkylation sites (tertiary alicyclic amines) is 1. The molecule has 0 N–H and O–H groups in total. The highest BCUT2D eigenvalue weighted by Gasteiger charge is 2.39. The molecule has 2 saturated heterocycles. The van der Waals surface area contributed by atoms with Gasteiger partial charge in [0.1, 0.15) is 5.75 Å². The summed E-state index contributed by atoms with van der Waals surface area (Å²) in [6.07, 6.45) is -3.39. The number of piperazine rings is 1. The minimum atomic E-state index is -4.53. The van der Waals surface area contributed by atoms with Crippen LogP contribution in [-0.2, 0) is 16.2 Å². The highest BCUT2D eigenvalue weighted by atomic mass is 35.5. The van der Waals surface area contributed by atoms with Crippen LogP contribution in [0.2, 0.25) is 15.1 Å². The van der Waals surface area contributed by atoms with Crippen molar-refractivity contribution in [2.24, 2.45) is 5.92 Å². The first kappa shape index (κ1) is 29.1. The number of urea groups is 1. The van der Waals surface area contributed by atoms with Crippen LogP contribution < -0.4 is 4.74 Å². The predicted molar refractivity (Wildman–Crippen MR) is 140 cm³/mol. The maximum Gasteiger partial charge on any atom is 0.416 e. The zero-order chi connectivity index (χ0) is 27.8. The molecule has 0 spiro atoms. The van der Waals surface area contributed by atoms with Crippen molar-refractivity contribution in [3.8, 4) is 5.75 Å². The van der Waals surface area contributed by atoms with Crippen molar-refractivity contribution >= 4 is 50.9 Å². The lowest BCUT2D eigenvalue weighted by Crippen LogP contribution is -2.53. The van der Waals surface area contributed by atoms with E-state index in [1.807, 2.05) is 6.07 Å². The summed E-state index contributed by atoms with van der Waals surface area (Å²) in [4.78, 5) is 16.6. The van der Waals surface area contributed by atoms with Crippen LogP contribution in [0.1, 0.15) is 17.0 Å². The van der Waals surface area contributed by atoms with Crippen LogP contribution >= 0.6 is 34.8 Å². The normalized spacial score (nSPS) is 21.1. The van der Waals surface area contributed by atoms with Gasteiger partial charge >= 0.3 is 12.2 Å². The molecule has 0 radical (unpaired) electrons. The molecular weight excluding hydrogens is 590 g/mol. The van der Waals surface area contributed by atoms with E-state index >= 15 is 0 Å². The molecule has 2 aliphatic heterocycles. The van der Waals surface area contributed by atoms with Crippen molar-refractivity contribution in [2.75, 3.05) is 52.1 Å². The number of carbonyl (C=O) groups excluding carboxylic acids is 1. The number of halogens is 6. The highest BCUT2D eigenvalue weighted by Crippen LogP contribution is 2.38. The number of benzene rings is 2. The van der Waals surface area contributed by atoms with E-state index in [2.05, 4.69) is 0 Å². The average molecular weight is 615 g/mol. The quantitative estimate of drug-likeness (QED) is 0.449. The number of alkyl halides is 3. The number of sulfonamides is 1. The maximum atomic E-state index is 13.3. The first-order chi connectivity index (χ1) is 17.7. The molecule has 2 aliphatic rings. The van der Waals surface area contributed by atoms with Gasteiger partial charge in [0.25, 0.3) is 0 Å². The van der Waals surface area contributed by atoms with E-state index < -0.39 is 21.8 Å². The fourth-order valence-electron chi connectivity index (χ4n) is 4.72. The molecule has 2 unspecified atom stereocenters. The molecule has 208 valence electrons. The lowest BCUT2D eigenvalue weighted by atomic mass is 9.89. The van der Waals surface area contributed by atoms with Gasteiger partial charge in [0.2, 0.25) is 10.0 Å². The van der Waals surface area contributed by atoms with Crippen LogP contribution in [0.25, 0.3) is 0 Å². The minimum Gasteiger partial charge on any atom is -0.492 e. The van der Waals surface area contributed by atoms with E-state index in [1.165, 1.54) is 10.4 Å². The summed E-state index contributed by atoms with van der Waals surface area (Å²) in [5.41, 5.74) is -0.0409. The van der Waals surface area contributed by atoms with E-state index in [-0.39, 0.29) is 61.4 Å². The first-order valence-electron chi connectivity index (χ1n) is 11.7. The Balaban J connectivity index is 1.50. The molecule has 2 heterocycles. The molecule has 0 aliphatic carbocycles. The number of hydrogen-bond acceptors (Lipinski definition) is 4. The van der Waals surface area contributed by atoms with Gasteiger partial charge in [0.15, 0.2) is 0 Å². The highest BCUT2D eigenvalue weighted by molar-refractivity contribution is 7.88. The van der Waals surface area contributed by atoms with Crippen LogP contribution in [0.15, 0.2) is 36.4 Å². The topological polar surface area (TPSA) is 70.2 Å². The molecule has 38 heavy (non-hydrogen) atoms. The molecule has 7 nitrogen and oxygen atoms in total. The second kappa shape index (κ2) is 11.3. The Morgan fingerprint density at radius 2 is 1.63 bits per heavy atom. The van der Waals surface area contributed by atoms with Gasteiger partial charge in [-0.1, -0.05) is 40.9 Å². The zero-order valence-corrected chi connectivity index (χ0v) is 23.3. The van der Waals surface area contributed by atoms with Gasteiger partial charge in [-0.3, -0.25) is 0 Å². The Morgan fingerprint density at radius 3 is 2.21 bits per heavy atom. The second-order valence-corrected chi connectivity index (χ2v) is 12.5. The number of amides is 2. The summed E-state index contributed by atoms with van der Waals surface area (Å²) in [5, 5.41) is 0.575. The van der Waals surface area contributed by atoms with Crippen LogP contribution in [0.4, 0.5) is 18.0 Å². The SMILES string of the molecule is CS(=O)(=O)N1CCN(C(=O)N2CC(COc3ccc(C(F)(F)F)cc3Cl)C(c3ccc(Cl)c(Cl)c3)C2)CC1. The fourth-order valence-corrected chi connectivity index (χ4v) is 6.09. The van der Waals surface area contributed by atoms with Crippen molar-refractivity contribution in [3.63, 3.8) is 0 Å². The Labute approximate surface area is 234 Å². The largest absolute Gasteiger partial charge is 0.492 e. The summed E-state index contributed by atoms with van der Waals surface area (Å²) in [6, 6.07) is 7.88. The summed E-state index contributed by atoms with van der Waals surface area (Å²) >= 11 is 18.4. The van der Waals surface area contributed by atoms with Gasteiger partial charge in [0, 0.05) is 51.1 Å². The van der Waals surface area contributed by atoms with Crippen LogP contribution in [-0.4, -0.2) is 80.7 Å². The van der Waals surface area contributed by atoms with Gasteiger partial charge in [0.05, 0.1) is 33.5 Å². The molecule has 2 aromatic rings. The number of hydrogen-bond donors (Lipinski definition) is 0. The van der Waals surface area contributed by atoms with E-state index in [4.69, 9.17) is 39.5 Å². The maximum absolute atomic E-state index is 13.3. The molecule has 0 aromatic heterocycles. The minimum absolute atomic E-state index is 0.0850. The fraction of sp³-hybridized carbons (Fsp3) is 0.458. The van der Waals surface area contributed by atoms with Crippen molar-refractivity contribution in [1.82, 2.24) is 14.1 Å². The summed E-state index contributed by atoms with van der Waals surface area (Å²) in [6.45, 7) is 1.71. The van der Waals surface area contributed by atoms with Crippen molar-refractivity contribution < 1.29 is 31.1 Å². The summed E-state index contributed by atoms with van der Waals surface area (Å²) < 4.78 is 69.8.